The van der Waals surface area contributed by atoms with Gasteiger partial charge in [-0.25, -0.2) is 14.8 Å². The minimum atomic E-state index is -0.0954. The smallest absolute Gasteiger partial charge is 0.321 e. The Kier molecular flexibility index (Phi) is 6.06. The normalized spacial score (nSPS) is 14.7. The van der Waals surface area contributed by atoms with Gasteiger partial charge >= 0.3 is 6.03 Å². The number of urea groups is 1. The summed E-state index contributed by atoms with van der Waals surface area (Å²) in [6.07, 6.45) is 3.44. The molecule has 3 aromatic heterocycles. The molecule has 1 saturated heterocycles. The van der Waals surface area contributed by atoms with Gasteiger partial charge in [-0.3, -0.25) is 4.90 Å². The molecule has 150 valence electrons. The van der Waals surface area contributed by atoms with Crippen LogP contribution in [0.4, 0.5) is 10.5 Å². The molecule has 4 heterocycles. The second kappa shape index (κ2) is 9.06. The fourth-order valence-corrected chi connectivity index (χ4v) is 3.86. The molecule has 0 aromatic carbocycles. The van der Waals surface area contributed by atoms with E-state index in [2.05, 4.69) is 25.3 Å². The number of pyridine rings is 2. The van der Waals surface area contributed by atoms with E-state index in [0.29, 0.717) is 13.1 Å². The summed E-state index contributed by atoms with van der Waals surface area (Å²) in [4.78, 5) is 25.4. The van der Waals surface area contributed by atoms with Crippen LogP contribution in [0.5, 0.6) is 0 Å². The Bertz CT molecular complexity index is 956. The van der Waals surface area contributed by atoms with Crippen LogP contribution in [0.2, 0.25) is 0 Å². The van der Waals surface area contributed by atoms with Crippen molar-refractivity contribution in [3.63, 3.8) is 0 Å². The summed E-state index contributed by atoms with van der Waals surface area (Å²) < 4.78 is 5.12. The van der Waals surface area contributed by atoms with Crippen molar-refractivity contribution >= 4 is 23.5 Å². The highest BCUT2D eigenvalue weighted by Gasteiger charge is 2.22. The lowest BCUT2D eigenvalue weighted by Crippen LogP contribution is -2.49. The maximum Gasteiger partial charge on any atom is 0.321 e. The average molecular weight is 411 g/mol. The van der Waals surface area contributed by atoms with Crippen molar-refractivity contribution in [2.24, 2.45) is 0 Å². The predicted octanol–water partition coefficient (Wildman–Crippen LogP) is 3.27. The van der Waals surface area contributed by atoms with Gasteiger partial charge in [0.1, 0.15) is 15.8 Å². The van der Waals surface area contributed by atoms with Gasteiger partial charge in [0.15, 0.2) is 0 Å². The molecule has 4 rings (SSSR count). The second-order valence-electron chi connectivity index (χ2n) is 6.78. The number of hydrogen-bond acceptors (Lipinski definition) is 7. The third-order valence-corrected chi connectivity index (χ3v) is 5.44. The number of rotatable bonds is 5. The van der Waals surface area contributed by atoms with Crippen LogP contribution in [0.1, 0.15) is 11.5 Å². The van der Waals surface area contributed by atoms with Crippen LogP contribution < -0.4 is 5.32 Å². The van der Waals surface area contributed by atoms with Crippen molar-refractivity contribution in [1.82, 2.24) is 24.9 Å². The summed E-state index contributed by atoms with van der Waals surface area (Å²) in [7, 11) is 0. The minimum absolute atomic E-state index is 0.0954. The highest BCUT2D eigenvalue weighted by atomic mass is 32.2. The maximum atomic E-state index is 12.6. The van der Waals surface area contributed by atoms with E-state index in [4.69, 9.17) is 4.52 Å². The van der Waals surface area contributed by atoms with Crippen molar-refractivity contribution in [2.45, 2.75) is 23.5 Å². The summed E-state index contributed by atoms with van der Waals surface area (Å²) >= 11 is 1.46. The molecular weight excluding hydrogens is 388 g/mol. The van der Waals surface area contributed by atoms with Crippen LogP contribution in [0.25, 0.3) is 0 Å². The maximum absolute atomic E-state index is 12.6. The summed E-state index contributed by atoms with van der Waals surface area (Å²) in [6, 6.07) is 11.2. The van der Waals surface area contributed by atoms with E-state index >= 15 is 0 Å². The molecule has 9 heteroatoms. The summed E-state index contributed by atoms with van der Waals surface area (Å²) in [5, 5.41) is 8.66. The molecule has 0 saturated carbocycles. The van der Waals surface area contributed by atoms with E-state index < -0.39 is 0 Å². The molecule has 3 aromatic rings. The number of amides is 2. The van der Waals surface area contributed by atoms with E-state index in [1.54, 1.807) is 18.5 Å². The van der Waals surface area contributed by atoms with Gasteiger partial charge in [-0.2, -0.15) is 0 Å². The van der Waals surface area contributed by atoms with Crippen LogP contribution in [0.15, 0.2) is 63.4 Å². The van der Waals surface area contributed by atoms with Gasteiger partial charge < -0.3 is 14.7 Å². The topological polar surface area (TPSA) is 87.4 Å². The lowest BCUT2D eigenvalue weighted by molar-refractivity contribution is 0.141. The van der Waals surface area contributed by atoms with Gasteiger partial charge in [0.2, 0.25) is 0 Å². The Hall–Kier alpha value is -2.91. The standard InChI is InChI=1S/C20H22N6O2S/c1-15-12-17(24-28-15)14-25-8-10-26(11-9-25)20(27)23-16-5-7-22-19(13-16)29-18-4-2-3-6-21-18/h2-7,12-13H,8-11,14H2,1H3,(H,22,23,27). The molecule has 29 heavy (non-hydrogen) atoms. The lowest BCUT2D eigenvalue weighted by Gasteiger charge is -2.34. The molecule has 0 spiro atoms. The molecule has 2 amide bonds. The van der Waals surface area contributed by atoms with Crippen molar-refractivity contribution in [3.05, 3.63) is 60.2 Å². The second-order valence-corrected chi connectivity index (χ2v) is 7.82. The molecule has 1 aliphatic heterocycles. The number of aryl methyl sites for hydroxylation is 1. The third-order valence-electron chi connectivity index (χ3n) is 4.55. The molecule has 0 radical (unpaired) electrons. The first-order valence-electron chi connectivity index (χ1n) is 9.41. The van der Waals surface area contributed by atoms with Crippen molar-refractivity contribution < 1.29 is 9.32 Å². The van der Waals surface area contributed by atoms with Crippen molar-refractivity contribution in [3.8, 4) is 0 Å². The lowest BCUT2D eigenvalue weighted by atomic mass is 10.3. The van der Waals surface area contributed by atoms with Gasteiger partial charge in [0, 0.05) is 56.9 Å². The number of piperazine rings is 1. The third kappa shape index (κ3) is 5.33. The van der Waals surface area contributed by atoms with Gasteiger partial charge in [0.25, 0.3) is 0 Å². The van der Waals surface area contributed by atoms with Gasteiger partial charge in [-0.05, 0) is 31.2 Å². The number of hydrogen-bond donors (Lipinski definition) is 1. The van der Waals surface area contributed by atoms with Crippen molar-refractivity contribution in [2.75, 3.05) is 31.5 Å². The Morgan fingerprint density at radius 2 is 1.93 bits per heavy atom. The summed E-state index contributed by atoms with van der Waals surface area (Å²) in [5.74, 6) is 0.816. The zero-order valence-electron chi connectivity index (χ0n) is 16.1. The highest BCUT2D eigenvalue weighted by Crippen LogP contribution is 2.25. The zero-order chi connectivity index (χ0) is 20.1. The van der Waals surface area contributed by atoms with E-state index in [1.165, 1.54) is 11.8 Å². The SMILES string of the molecule is Cc1cc(CN2CCN(C(=O)Nc3ccnc(Sc4ccccn4)c3)CC2)no1. The minimum Gasteiger partial charge on any atom is -0.361 e. The van der Waals surface area contributed by atoms with Gasteiger partial charge in [0.05, 0.1) is 5.69 Å². The van der Waals surface area contributed by atoms with E-state index in [1.807, 2.05) is 42.2 Å². The van der Waals surface area contributed by atoms with E-state index in [9.17, 15) is 4.79 Å². The monoisotopic (exact) mass is 410 g/mol. The molecule has 8 nitrogen and oxygen atoms in total. The summed E-state index contributed by atoms with van der Waals surface area (Å²) in [5.41, 5.74) is 1.65. The Morgan fingerprint density at radius 1 is 1.10 bits per heavy atom. The summed E-state index contributed by atoms with van der Waals surface area (Å²) in [6.45, 7) is 5.57. The molecule has 0 aliphatic carbocycles. The van der Waals surface area contributed by atoms with Crippen molar-refractivity contribution in [1.29, 1.82) is 0 Å². The van der Waals surface area contributed by atoms with Gasteiger partial charge in [-0.1, -0.05) is 23.0 Å². The van der Waals surface area contributed by atoms with Gasteiger partial charge in [-0.15, -0.1) is 0 Å². The van der Waals surface area contributed by atoms with Crippen LogP contribution >= 0.6 is 11.8 Å². The highest BCUT2D eigenvalue weighted by molar-refractivity contribution is 7.99. The fourth-order valence-electron chi connectivity index (χ4n) is 3.09. The Labute approximate surface area is 173 Å². The molecule has 1 N–H and O–H groups in total. The average Bonchev–Trinajstić information content (AvgIpc) is 3.14. The molecule has 1 aliphatic rings. The number of carbonyl (C=O) groups excluding carboxylic acids is 1. The predicted molar refractivity (Wildman–Crippen MR) is 110 cm³/mol. The Balaban J connectivity index is 1.29. The molecule has 0 atom stereocenters. The van der Waals surface area contributed by atoms with Crippen LogP contribution in [-0.2, 0) is 6.54 Å². The molecule has 1 fully saturated rings. The first-order chi connectivity index (χ1) is 14.2. The van der Waals surface area contributed by atoms with E-state index in [0.717, 1.165) is 46.8 Å². The number of nitrogens with one attached hydrogen (secondary N) is 1. The molecule has 0 unspecified atom stereocenters. The first-order valence-corrected chi connectivity index (χ1v) is 10.2. The largest absolute Gasteiger partial charge is 0.361 e. The number of nitrogens with zero attached hydrogens (tertiary/aromatic N) is 5. The fraction of sp³-hybridized carbons (Fsp3) is 0.300. The first kappa shape index (κ1) is 19.4. The number of aromatic nitrogens is 3. The Morgan fingerprint density at radius 3 is 2.66 bits per heavy atom. The zero-order valence-corrected chi connectivity index (χ0v) is 16.9. The van der Waals surface area contributed by atoms with Crippen LogP contribution in [0.3, 0.4) is 0 Å². The quantitative estimate of drug-likeness (QED) is 0.691. The van der Waals surface area contributed by atoms with Crippen LogP contribution in [-0.4, -0.2) is 57.1 Å². The van der Waals surface area contributed by atoms with Crippen LogP contribution in [0, 0.1) is 6.92 Å². The number of carbonyl (C=O) groups is 1. The number of anilines is 1. The molecular formula is C20H22N6O2S. The molecule has 0 bridgehead atoms. The van der Waals surface area contributed by atoms with E-state index in [-0.39, 0.29) is 6.03 Å².